The molecule has 0 saturated carbocycles. The number of aromatic nitrogens is 1. The third-order valence-electron chi connectivity index (χ3n) is 4.28. The lowest BCUT2D eigenvalue weighted by Gasteiger charge is -2.23. The van der Waals surface area contributed by atoms with Crippen LogP contribution in [0.15, 0.2) is 53.0 Å². The van der Waals surface area contributed by atoms with Crippen molar-refractivity contribution in [1.82, 2.24) is 9.99 Å². The second kappa shape index (κ2) is 10.2. The molecule has 0 bridgehead atoms. The van der Waals surface area contributed by atoms with Crippen molar-refractivity contribution in [2.75, 3.05) is 26.9 Å². The molecular formula is C21H24N4O4. The van der Waals surface area contributed by atoms with Gasteiger partial charge in [-0.25, -0.2) is 5.01 Å². The number of benzene rings is 1. The first kappa shape index (κ1) is 20.3. The summed E-state index contributed by atoms with van der Waals surface area (Å²) in [6.07, 6.45) is 6.45. The monoisotopic (exact) mass is 396 g/mol. The molecule has 2 heterocycles. The van der Waals surface area contributed by atoms with Gasteiger partial charge in [0.05, 0.1) is 25.6 Å². The fourth-order valence-electron chi connectivity index (χ4n) is 2.86. The number of nitrogens with zero attached hydrogens (tertiary/aromatic N) is 4. The number of carbonyl (C=O) groups is 1. The number of hydrogen-bond donors (Lipinski definition) is 0. The van der Waals surface area contributed by atoms with E-state index in [1.165, 1.54) is 11.2 Å². The number of carbonyl (C=O) groups excluding carboxylic acids is 1. The second-order valence-corrected chi connectivity index (χ2v) is 6.25. The maximum absolute atomic E-state index is 12.4. The molecule has 1 aliphatic rings. The lowest BCUT2D eigenvalue weighted by molar-refractivity contribution is -0.136. The number of methoxy groups -OCH3 is 1. The van der Waals surface area contributed by atoms with E-state index in [1.807, 2.05) is 25.1 Å². The minimum atomic E-state index is -0.243. The van der Waals surface area contributed by atoms with Gasteiger partial charge in [-0.05, 0) is 55.7 Å². The van der Waals surface area contributed by atoms with Gasteiger partial charge in [0.2, 0.25) is 0 Å². The van der Waals surface area contributed by atoms with Gasteiger partial charge >= 0.3 is 0 Å². The molecule has 0 saturated heterocycles. The third kappa shape index (κ3) is 5.54. The summed E-state index contributed by atoms with van der Waals surface area (Å²) in [5.41, 5.74) is 2.58. The summed E-state index contributed by atoms with van der Waals surface area (Å²) < 4.78 is 11.0. The maximum Gasteiger partial charge on any atom is 0.283 e. The van der Waals surface area contributed by atoms with Crippen molar-refractivity contribution in [2.45, 2.75) is 19.8 Å². The lowest BCUT2D eigenvalue weighted by atomic mass is 10.0. The van der Waals surface area contributed by atoms with Crippen LogP contribution in [0.2, 0.25) is 0 Å². The first-order chi connectivity index (χ1) is 14.2. The molecule has 0 spiro atoms. The summed E-state index contributed by atoms with van der Waals surface area (Å²) in [6.45, 7) is 2.83. The zero-order valence-electron chi connectivity index (χ0n) is 16.6. The molecule has 0 aliphatic carbocycles. The van der Waals surface area contributed by atoms with Crippen LogP contribution in [0.25, 0.3) is 0 Å². The molecule has 0 radical (unpaired) electrons. The molecule has 8 nitrogen and oxygen atoms in total. The topological polar surface area (TPSA) is 85.6 Å². The summed E-state index contributed by atoms with van der Waals surface area (Å²) in [5, 5.41) is 9.77. The van der Waals surface area contributed by atoms with E-state index in [0.29, 0.717) is 24.7 Å². The van der Waals surface area contributed by atoms with Crippen LogP contribution in [0.3, 0.4) is 0 Å². The van der Waals surface area contributed by atoms with Crippen LogP contribution in [-0.4, -0.2) is 54.7 Å². The van der Waals surface area contributed by atoms with Gasteiger partial charge in [-0.3, -0.25) is 9.78 Å². The van der Waals surface area contributed by atoms with Gasteiger partial charge in [0.15, 0.2) is 18.1 Å². The molecule has 1 amide bonds. The molecule has 0 atom stereocenters. The van der Waals surface area contributed by atoms with Crippen LogP contribution in [-0.2, 0) is 9.63 Å². The van der Waals surface area contributed by atoms with Crippen molar-refractivity contribution in [3.8, 4) is 11.5 Å². The quantitative estimate of drug-likeness (QED) is 0.506. The molecule has 2 aromatic rings. The molecule has 1 aromatic carbocycles. The van der Waals surface area contributed by atoms with Crippen LogP contribution in [0.4, 0.5) is 0 Å². The van der Waals surface area contributed by atoms with Crippen LogP contribution in [0, 0.1) is 0 Å². The zero-order valence-corrected chi connectivity index (χ0v) is 16.6. The first-order valence-corrected chi connectivity index (χ1v) is 9.45. The molecule has 3 rings (SSSR count). The molecule has 1 aromatic heterocycles. The van der Waals surface area contributed by atoms with Gasteiger partial charge in [-0.2, -0.15) is 5.10 Å². The number of pyridine rings is 1. The Bertz CT molecular complexity index is 884. The normalized spacial score (nSPS) is 13.9. The number of hydrazone groups is 1. The van der Waals surface area contributed by atoms with E-state index >= 15 is 0 Å². The highest BCUT2D eigenvalue weighted by Crippen LogP contribution is 2.29. The summed E-state index contributed by atoms with van der Waals surface area (Å²) in [7, 11) is 1.60. The first-order valence-electron chi connectivity index (χ1n) is 9.45. The maximum atomic E-state index is 12.4. The Morgan fingerprint density at radius 1 is 1.24 bits per heavy atom. The second-order valence-electron chi connectivity index (χ2n) is 6.25. The van der Waals surface area contributed by atoms with Crippen LogP contribution in [0.1, 0.15) is 30.9 Å². The predicted molar refractivity (Wildman–Crippen MR) is 109 cm³/mol. The van der Waals surface area contributed by atoms with Crippen molar-refractivity contribution in [1.29, 1.82) is 0 Å². The number of hydrogen-bond acceptors (Lipinski definition) is 7. The van der Waals surface area contributed by atoms with E-state index in [2.05, 4.69) is 15.2 Å². The number of ether oxygens (including phenoxy) is 2. The van der Waals surface area contributed by atoms with Gasteiger partial charge < -0.3 is 14.3 Å². The summed E-state index contributed by atoms with van der Waals surface area (Å²) in [5.74, 6) is 1.08. The highest BCUT2D eigenvalue weighted by atomic mass is 16.6. The zero-order chi connectivity index (χ0) is 20.5. The van der Waals surface area contributed by atoms with Gasteiger partial charge in [0.25, 0.3) is 5.91 Å². The molecule has 8 heteroatoms. The minimum Gasteiger partial charge on any atom is -0.493 e. The average Bonchev–Trinajstić information content (AvgIpc) is 2.77. The van der Waals surface area contributed by atoms with E-state index < -0.39 is 0 Å². The average molecular weight is 396 g/mol. The third-order valence-corrected chi connectivity index (χ3v) is 4.28. The van der Waals surface area contributed by atoms with Crippen LogP contribution < -0.4 is 9.47 Å². The molecule has 152 valence electrons. The van der Waals surface area contributed by atoms with Gasteiger partial charge in [-0.1, -0.05) is 5.16 Å². The molecule has 0 N–H and O–H groups in total. The number of amides is 1. The highest BCUT2D eigenvalue weighted by Gasteiger charge is 2.20. The van der Waals surface area contributed by atoms with Crippen LogP contribution in [0.5, 0.6) is 11.5 Å². The van der Waals surface area contributed by atoms with Gasteiger partial charge in [0.1, 0.15) is 0 Å². The summed E-state index contributed by atoms with van der Waals surface area (Å²) >= 11 is 0. The van der Waals surface area contributed by atoms with Crippen molar-refractivity contribution in [3.63, 3.8) is 0 Å². The SMILES string of the molecule is CCOc1cc(C2=NN(C(=O)CO/N=C/c3ccncc3)CCC2)ccc1OC. The van der Waals surface area contributed by atoms with E-state index in [4.69, 9.17) is 14.3 Å². The summed E-state index contributed by atoms with van der Waals surface area (Å²) in [6, 6.07) is 9.25. The van der Waals surface area contributed by atoms with E-state index in [1.54, 1.807) is 31.6 Å². The Labute approximate surface area is 169 Å². The van der Waals surface area contributed by atoms with Crippen LogP contribution >= 0.6 is 0 Å². The molecule has 0 fully saturated rings. The molecule has 29 heavy (non-hydrogen) atoms. The van der Waals surface area contributed by atoms with Crippen molar-refractivity contribution in [2.24, 2.45) is 10.3 Å². The Balaban J connectivity index is 1.64. The minimum absolute atomic E-state index is 0.175. The standard InChI is InChI=1S/C21H24N4O4/c1-3-28-20-13-17(6-7-19(20)27-2)18-5-4-12-25(24-18)21(26)15-29-23-14-16-8-10-22-11-9-16/h6-11,13-14H,3-5,12,15H2,1-2H3/b23-14+. The number of oxime groups is 1. The molecular weight excluding hydrogens is 372 g/mol. The molecule has 0 unspecified atom stereocenters. The van der Waals surface area contributed by atoms with E-state index in [-0.39, 0.29) is 12.5 Å². The Morgan fingerprint density at radius 2 is 2.07 bits per heavy atom. The smallest absolute Gasteiger partial charge is 0.283 e. The van der Waals surface area contributed by atoms with Crippen molar-refractivity contribution >= 4 is 17.8 Å². The van der Waals surface area contributed by atoms with Crippen molar-refractivity contribution in [3.05, 3.63) is 53.9 Å². The van der Waals surface area contributed by atoms with E-state index in [9.17, 15) is 4.79 Å². The van der Waals surface area contributed by atoms with Crippen molar-refractivity contribution < 1.29 is 19.1 Å². The van der Waals surface area contributed by atoms with Gasteiger partial charge in [-0.15, -0.1) is 0 Å². The Morgan fingerprint density at radius 3 is 2.83 bits per heavy atom. The largest absolute Gasteiger partial charge is 0.493 e. The van der Waals surface area contributed by atoms with Gasteiger partial charge in [0, 0.05) is 24.5 Å². The lowest BCUT2D eigenvalue weighted by Crippen LogP contribution is -2.34. The Kier molecular flexibility index (Phi) is 7.16. The summed E-state index contributed by atoms with van der Waals surface area (Å²) in [4.78, 5) is 21.5. The van der Waals surface area contributed by atoms with E-state index in [0.717, 1.165) is 29.7 Å². The number of rotatable bonds is 8. The fourth-order valence-corrected chi connectivity index (χ4v) is 2.86. The molecule has 1 aliphatic heterocycles. The Hall–Kier alpha value is -3.42. The highest BCUT2D eigenvalue weighted by molar-refractivity contribution is 6.02. The fraction of sp³-hybridized carbons (Fsp3) is 0.333. The predicted octanol–water partition coefficient (Wildman–Crippen LogP) is 2.87.